The van der Waals surface area contributed by atoms with E-state index in [0.717, 1.165) is 15.6 Å². The van der Waals surface area contributed by atoms with Gasteiger partial charge in [0.1, 0.15) is 15.2 Å². The van der Waals surface area contributed by atoms with Crippen LogP contribution in [-0.4, -0.2) is 31.7 Å². The molecule has 0 fully saturated rings. The third kappa shape index (κ3) is 4.02. The second-order valence-electron chi connectivity index (χ2n) is 4.39. The van der Waals surface area contributed by atoms with E-state index in [1.807, 2.05) is 19.9 Å². The van der Waals surface area contributed by atoms with Crippen LogP contribution >= 0.6 is 11.3 Å². The summed E-state index contributed by atoms with van der Waals surface area (Å²) in [5.74, 6) is -0.647. The number of sulfonamides is 1. The molecule has 1 rings (SSSR count). The van der Waals surface area contributed by atoms with E-state index in [-0.39, 0.29) is 23.2 Å². The number of hydrogen-bond acceptors (Lipinski definition) is 5. The van der Waals surface area contributed by atoms with Gasteiger partial charge in [-0.1, -0.05) is 13.8 Å². The lowest BCUT2D eigenvalue weighted by Gasteiger charge is -2.21. The molecule has 1 amide bonds. The normalized spacial score (nSPS) is 11.7. The van der Waals surface area contributed by atoms with Crippen molar-refractivity contribution in [1.29, 1.82) is 5.26 Å². The van der Waals surface area contributed by atoms with Gasteiger partial charge >= 0.3 is 0 Å². The molecule has 0 spiro atoms. The van der Waals surface area contributed by atoms with E-state index in [2.05, 4.69) is 0 Å². The first-order chi connectivity index (χ1) is 8.77. The first-order valence-corrected chi connectivity index (χ1v) is 7.81. The molecule has 0 saturated heterocycles. The molecular formula is C11H15N3O3S2. The zero-order valence-electron chi connectivity index (χ0n) is 10.7. The average Bonchev–Trinajstić information content (AvgIpc) is 2.75. The van der Waals surface area contributed by atoms with Gasteiger partial charge in [0.25, 0.3) is 10.0 Å². The molecule has 1 aromatic rings. The smallest absolute Gasteiger partial charge is 0.253 e. The van der Waals surface area contributed by atoms with E-state index in [1.54, 1.807) is 0 Å². The Labute approximate surface area is 116 Å². The Kier molecular flexibility index (Phi) is 5.05. The minimum Gasteiger partial charge on any atom is -0.369 e. The molecule has 0 bridgehead atoms. The summed E-state index contributed by atoms with van der Waals surface area (Å²) in [6.07, 6.45) is 0. The summed E-state index contributed by atoms with van der Waals surface area (Å²) in [7, 11) is -3.78. The first-order valence-electron chi connectivity index (χ1n) is 5.55. The second-order valence-corrected chi connectivity index (χ2v) is 7.64. The molecular weight excluding hydrogens is 286 g/mol. The van der Waals surface area contributed by atoms with Gasteiger partial charge in [-0.15, -0.1) is 11.3 Å². The Hall–Kier alpha value is -1.43. The fourth-order valence-corrected chi connectivity index (χ4v) is 4.30. The Morgan fingerprint density at radius 1 is 1.53 bits per heavy atom. The molecule has 104 valence electrons. The number of hydrogen-bond donors (Lipinski definition) is 1. The predicted octanol–water partition coefficient (Wildman–Crippen LogP) is 0.752. The van der Waals surface area contributed by atoms with Crippen molar-refractivity contribution >= 4 is 27.3 Å². The molecule has 0 saturated carbocycles. The third-order valence-corrected chi connectivity index (χ3v) is 5.46. The maximum absolute atomic E-state index is 12.4. The lowest BCUT2D eigenvalue weighted by molar-refractivity contribution is -0.118. The highest BCUT2D eigenvalue weighted by atomic mass is 32.2. The SMILES string of the molecule is CC(C)CN(CC(N)=O)S(=O)(=O)c1ccc(C#N)s1. The van der Waals surface area contributed by atoms with Gasteiger partial charge in [-0.3, -0.25) is 4.79 Å². The van der Waals surface area contributed by atoms with Crippen LogP contribution in [0.25, 0.3) is 0 Å². The van der Waals surface area contributed by atoms with E-state index >= 15 is 0 Å². The van der Waals surface area contributed by atoms with Crippen molar-refractivity contribution in [3.63, 3.8) is 0 Å². The van der Waals surface area contributed by atoms with Gasteiger partial charge in [0.2, 0.25) is 5.91 Å². The number of carbonyl (C=O) groups is 1. The van der Waals surface area contributed by atoms with Crippen molar-refractivity contribution in [3.8, 4) is 6.07 Å². The number of amides is 1. The van der Waals surface area contributed by atoms with Gasteiger partial charge in [-0.05, 0) is 18.1 Å². The molecule has 0 atom stereocenters. The highest BCUT2D eigenvalue weighted by Gasteiger charge is 2.28. The van der Waals surface area contributed by atoms with Gasteiger partial charge in [-0.2, -0.15) is 9.57 Å². The fourth-order valence-electron chi connectivity index (χ4n) is 1.47. The van der Waals surface area contributed by atoms with E-state index in [9.17, 15) is 13.2 Å². The van der Waals surface area contributed by atoms with E-state index in [0.29, 0.717) is 4.88 Å². The molecule has 8 heteroatoms. The summed E-state index contributed by atoms with van der Waals surface area (Å²) >= 11 is 0.879. The van der Waals surface area contributed by atoms with Crippen molar-refractivity contribution in [1.82, 2.24) is 4.31 Å². The van der Waals surface area contributed by atoms with Crippen LogP contribution < -0.4 is 5.73 Å². The molecule has 1 heterocycles. The van der Waals surface area contributed by atoms with Crippen LogP contribution in [0.1, 0.15) is 18.7 Å². The second kappa shape index (κ2) is 6.14. The Morgan fingerprint density at radius 3 is 2.58 bits per heavy atom. The van der Waals surface area contributed by atoms with Crippen molar-refractivity contribution < 1.29 is 13.2 Å². The number of rotatable bonds is 6. The number of nitriles is 1. The average molecular weight is 301 g/mol. The maximum Gasteiger partial charge on any atom is 0.253 e. The molecule has 1 aromatic heterocycles. The van der Waals surface area contributed by atoms with Gasteiger partial charge in [0.05, 0.1) is 6.54 Å². The van der Waals surface area contributed by atoms with Crippen LogP contribution in [-0.2, 0) is 14.8 Å². The lowest BCUT2D eigenvalue weighted by atomic mass is 10.2. The summed E-state index contributed by atoms with van der Waals surface area (Å²) in [6, 6.07) is 4.69. The number of nitrogens with zero attached hydrogens (tertiary/aromatic N) is 2. The fraction of sp³-hybridized carbons (Fsp3) is 0.455. The van der Waals surface area contributed by atoms with Crippen LogP contribution in [0.4, 0.5) is 0 Å². The quantitative estimate of drug-likeness (QED) is 0.837. The van der Waals surface area contributed by atoms with Gasteiger partial charge < -0.3 is 5.73 Å². The van der Waals surface area contributed by atoms with Crippen LogP contribution in [0.5, 0.6) is 0 Å². The summed E-state index contributed by atoms with van der Waals surface area (Å²) in [5, 5.41) is 8.72. The molecule has 0 unspecified atom stereocenters. The standard InChI is InChI=1S/C11H15N3O3S2/c1-8(2)6-14(7-10(13)15)19(16,17)11-4-3-9(5-12)18-11/h3-4,8H,6-7H2,1-2H3,(H2,13,15). The van der Waals surface area contributed by atoms with Crippen molar-refractivity contribution in [2.24, 2.45) is 11.7 Å². The highest BCUT2D eigenvalue weighted by molar-refractivity contribution is 7.91. The van der Waals surface area contributed by atoms with Crippen molar-refractivity contribution in [3.05, 3.63) is 17.0 Å². The number of nitrogens with two attached hydrogens (primary N) is 1. The Bertz CT molecular complexity index is 599. The zero-order valence-corrected chi connectivity index (χ0v) is 12.3. The van der Waals surface area contributed by atoms with Crippen LogP contribution in [0.15, 0.2) is 16.3 Å². The summed E-state index contributed by atoms with van der Waals surface area (Å²) in [4.78, 5) is 11.3. The molecule has 2 N–H and O–H groups in total. The first kappa shape index (κ1) is 15.6. The largest absolute Gasteiger partial charge is 0.369 e. The maximum atomic E-state index is 12.4. The van der Waals surface area contributed by atoms with Crippen LogP contribution in [0.3, 0.4) is 0 Å². The molecule has 0 aliphatic heterocycles. The minimum atomic E-state index is -3.78. The summed E-state index contributed by atoms with van der Waals surface area (Å²) < 4.78 is 25.8. The minimum absolute atomic E-state index is 0.0472. The molecule has 0 radical (unpaired) electrons. The van der Waals surface area contributed by atoms with Gasteiger partial charge in [0.15, 0.2) is 0 Å². The van der Waals surface area contributed by atoms with E-state index in [4.69, 9.17) is 11.0 Å². The van der Waals surface area contributed by atoms with E-state index in [1.165, 1.54) is 12.1 Å². The number of carbonyl (C=O) groups excluding carboxylic acids is 1. The molecule has 19 heavy (non-hydrogen) atoms. The molecule has 0 aromatic carbocycles. The van der Waals surface area contributed by atoms with E-state index < -0.39 is 15.9 Å². The molecule has 6 nitrogen and oxygen atoms in total. The van der Waals surface area contributed by atoms with Gasteiger partial charge in [0, 0.05) is 6.54 Å². The zero-order chi connectivity index (χ0) is 14.6. The Morgan fingerprint density at radius 2 is 2.16 bits per heavy atom. The molecule has 0 aliphatic rings. The molecule has 0 aliphatic carbocycles. The summed E-state index contributed by atoms with van der Waals surface area (Å²) in [5.41, 5.74) is 5.08. The number of primary amides is 1. The third-order valence-electron chi connectivity index (χ3n) is 2.19. The monoisotopic (exact) mass is 301 g/mol. The Balaban J connectivity index is 3.11. The topological polar surface area (TPSA) is 104 Å². The van der Waals surface area contributed by atoms with Crippen molar-refractivity contribution in [2.75, 3.05) is 13.1 Å². The predicted molar refractivity (Wildman–Crippen MR) is 71.8 cm³/mol. The summed E-state index contributed by atoms with van der Waals surface area (Å²) in [6.45, 7) is 3.53. The van der Waals surface area contributed by atoms with Gasteiger partial charge in [-0.25, -0.2) is 8.42 Å². The van der Waals surface area contributed by atoms with Crippen molar-refractivity contribution in [2.45, 2.75) is 18.1 Å². The van der Waals surface area contributed by atoms with Crippen LogP contribution in [0, 0.1) is 17.2 Å². The highest BCUT2D eigenvalue weighted by Crippen LogP contribution is 2.24. The lowest BCUT2D eigenvalue weighted by Crippen LogP contribution is -2.40. The number of thiophene rings is 1. The van der Waals surface area contributed by atoms with Crippen LogP contribution in [0.2, 0.25) is 0 Å².